The van der Waals surface area contributed by atoms with E-state index in [2.05, 4.69) is 17.4 Å². The predicted octanol–water partition coefficient (Wildman–Crippen LogP) is 3.07. The third-order valence-corrected chi connectivity index (χ3v) is 5.25. The molecule has 6 heteroatoms. The Hall–Kier alpha value is -2.86. The van der Waals surface area contributed by atoms with Gasteiger partial charge in [0, 0.05) is 45.1 Å². The van der Waals surface area contributed by atoms with E-state index in [-0.39, 0.29) is 24.5 Å². The van der Waals surface area contributed by atoms with E-state index >= 15 is 0 Å². The normalized spacial score (nSPS) is 14.4. The largest absolute Gasteiger partial charge is 0.490 e. The summed E-state index contributed by atoms with van der Waals surface area (Å²) in [4.78, 5) is 26.0. The Bertz CT molecular complexity index is 800. The van der Waals surface area contributed by atoms with E-state index in [4.69, 9.17) is 9.47 Å². The molecule has 0 spiro atoms. The summed E-state index contributed by atoms with van der Waals surface area (Å²) >= 11 is 0. The van der Waals surface area contributed by atoms with Crippen molar-refractivity contribution < 1.29 is 19.1 Å². The van der Waals surface area contributed by atoms with Gasteiger partial charge in [0.05, 0.1) is 0 Å². The van der Waals surface area contributed by atoms with Crippen LogP contribution in [0, 0.1) is 0 Å². The average Bonchev–Trinajstić information content (AvgIpc) is 2.78. The molecule has 0 bridgehead atoms. The van der Waals surface area contributed by atoms with Crippen LogP contribution in [0.15, 0.2) is 54.6 Å². The molecule has 3 rings (SSSR count). The van der Waals surface area contributed by atoms with E-state index < -0.39 is 0 Å². The minimum atomic E-state index is -0.0698. The summed E-state index contributed by atoms with van der Waals surface area (Å²) in [6.07, 6.45) is 3.51. The number of amides is 2. The Morgan fingerprint density at radius 1 is 1.03 bits per heavy atom. The number of piperidine rings is 1. The number of carbonyl (C=O) groups excluding carboxylic acids is 2. The summed E-state index contributed by atoms with van der Waals surface area (Å²) in [5.41, 5.74) is 1.91. The molecule has 30 heavy (non-hydrogen) atoms. The monoisotopic (exact) mass is 410 g/mol. The summed E-state index contributed by atoms with van der Waals surface area (Å²) < 4.78 is 10.9. The van der Waals surface area contributed by atoms with E-state index in [1.165, 1.54) is 12.7 Å². The second kappa shape index (κ2) is 11.4. The van der Waals surface area contributed by atoms with Crippen LogP contribution in [0.3, 0.4) is 0 Å². The number of methoxy groups -OCH3 is 1. The van der Waals surface area contributed by atoms with Crippen molar-refractivity contribution in [3.8, 4) is 5.75 Å². The van der Waals surface area contributed by atoms with Crippen LogP contribution in [0.5, 0.6) is 5.75 Å². The minimum absolute atomic E-state index is 0.0232. The first kappa shape index (κ1) is 21.8. The van der Waals surface area contributed by atoms with Gasteiger partial charge in [0.2, 0.25) is 5.91 Å². The Kier molecular flexibility index (Phi) is 8.27. The molecule has 1 aliphatic rings. The van der Waals surface area contributed by atoms with Crippen molar-refractivity contribution in [3.63, 3.8) is 0 Å². The molecule has 0 atom stereocenters. The molecule has 1 heterocycles. The molecule has 1 saturated heterocycles. The van der Waals surface area contributed by atoms with Crippen molar-refractivity contribution in [1.82, 2.24) is 10.2 Å². The number of nitrogens with one attached hydrogen (secondary N) is 1. The molecule has 1 aliphatic heterocycles. The first-order valence-corrected chi connectivity index (χ1v) is 10.5. The minimum Gasteiger partial charge on any atom is -0.490 e. The molecular weight excluding hydrogens is 380 g/mol. The zero-order chi connectivity index (χ0) is 21.2. The van der Waals surface area contributed by atoms with Gasteiger partial charge in [-0.25, -0.2) is 0 Å². The number of benzene rings is 2. The molecule has 2 aromatic carbocycles. The Balaban J connectivity index is 1.38. The lowest BCUT2D eigenvalue weighted by atomic mass is 10.1. The van der Waals surface area contributed by atoms with Crippen molar-refractivity contribution in [3.05, 3.63) is 65.7 Å². The highest BCUT2D eigenvalue weighted by Gasteiger charge is 2.23. The maximum atomic E-state index is 12.3. The van der Waals surface area contributed by atoms with Gasteiger partial charge in [0.15, 0.2) is 0 Å². The summed E-state index contributed by atoms with van der Waals surface area (Å²) in [6.45, 7) is 2.13. The van der Waals surface area contributed by atoms with E-state index in [0.29, 0.717) is 25.2 Å². The van der Waals surface area contributed by atoms with Crippen molar-refractivity contribution in [2.75, 3.05) is 33.4 Å². The molecule has 1 fully saturated rings. The molecule has 1 N–H and O–H groups in total. The SMILES string of the molecule is COCC(=O)N1CCC(Oc2ccc(C(=O)NCCCc3ccccc3)cc2)CC1. The second-order valence-corrected chi connectivity index (χ2v) is 7.50. The first-order valence-electron chi connectivity index (χ1n) is 10.5. The molecule has 0 radical (unpaired) electrons. The van der Waals surface area contributed by atoms with Crippen molar-refractivity contribution in [2.24, 2.45) is 0 Å². The number of aryl methyl sites for hydroxylation is 1. The first-order chi connectivity index (χ1) is 14.7. The van der Waals surface area contributed by atoms with Crippen molar-refractivity contribution >= 4 is 11.8 Å². The Labute approximate surface area is 178 Å². The van der Waals surface area contributed by atoms with Gasteiger partial charge in [0.25, 0.3) is 5.91 Å². The summed E-state index contributed by atoms with van der Waals surface area (Å²) in [5.74, 6) is 0.701. The molecular formula is C24H30N2O4. The van der Waals surface area contributed by atoms with Crippen LogP contribution in [-0.2, 0) is 16.0 Å². The highest BCUT2D eigenvalue weighted by molar-refractivity contribution is 5.94. The Morgan fingerprint density at radius 2 is 1.73 bits per heavy atom. The molecule has 2 aromatic rings. The molecule has 0 aromatic heterocycles. The quantitative estimate of drug-likeness (QED) is 0.645. The van der Waals surface area contributed by atoms with Gasteiger partial charge in [-0.2, -0.15) is 0 Å². The van der Waals surface area contributed by atoms with Gasteiger partial charge in [0.1, 0.15) is 18.5 Å². The number of nitrogens with zero attached hydrogens (tertiary/aromatic N) is 1. The number of rotatable bonds is 9. The molecule has 160 valence electrons. The lowest BCUT2D eigenvalue weighted by molar-refractivity contribution is -0.136. The average molecular weight is 411 g/mol. The number of hydrogen-bond acceptors (Lipinski definition) is 4. The van der Waals surface area contributed by atoms with Crippen LogP contribution in [0.4, 0.5) is 0 Å². The highest BCUT2D eigenvalue weighted by Crippen LogP contribution is 2.20. The lowest BCUT2D eigenvalue weighted by Gasteiger charge is -2.32. The van der Waals surface area contributed by atoms with E-state index in [9.17, 15) is 9.59 Å². The zero-order valence-electron chi connectivity index (χ0n) is 17.5. The van der Waals surface area contributed by atoms with Gasteiger partial charge < -0.3 is 19.7 Å². The van der Waals surface area contributed by atoms with Gasteiger partial charge in [-0.3, -0.25) is 9.59 Å². The van der Waals surface area contributed by atoms with Gasteiger partial charge in [-0.05, 0) is 42.7 Å². The molecule has 0 aliphatic carbocycles. The topological polar surface area (TPSA) is 67.9 Å². The molecule has 0 unspecified atom stereocenters. The third kappa shape index (κ3) is 6.59. The summed E-state index contributed by atoms with van der Waals surface area (Å²) in [5, 5.41) is 2.97. The van der Waals surface area contributed by atoms with E-state index in [0.717, 1.165) is 31.4 Å². The summed E-state index contributed by atoms with van der Waals surface area (Å²) in [6, 6.07) is 17.5. The van der Waals surface area contributed by atoms with Crippen LogP contribution in [0.25, 0.3) is 0 Å². The fraction of sp³-hybridized carbons (Fsp3) is 0.417. The Morgan fingerprint density at radius 3 is 2.40 bits per heavy atom. The standard InChI is InChI=1S/C24H30N2O4/c1-29-18-23(27)26-16-13-22(14-17-26)30-21-11-9-20(10-12-21)24(28)25-15-5-8-19-6-3-2-4-7-19/h2-4,6-7,9-12,22H,5,8,13-18H2,1H3,(H,25,28). The molecule has 2 amide bonds. The number of likely N-dealkylation sites (tertiary alicyclic amines) is 1. The van der Waals surface area contributed by atoms with Crippen molar-refractivity contribution in [2.45, 2.75) is 31.8 Å². The third-order valence-electron chi connectivity index (χ3n) is 5.25. The number of ether oxygens (including phenoxy) is 2. The fourth-order valence-electron chi connectivity index (χ4n) is 3.56. The fourth-order valence-corrected chi connectivity index (χ4v) is 3.56. The van der Waals surface area contributed by atoms with Gasteiger partial charge in [-0.15, -0.1) is 0 Å². The van der Waals surface area contributed by atoms with Crippen LogP contribution in [-0.4, -0.2) is 56.2 Å². The van der Waals surface area contributed by atoms with Gasteiger partial charge >= 0.3 is 0 Å². The van der Waals surface area contributed by atoms with Crippen LogP contribution in [0.2, 0.25) is 0 Å². The van der Waals surface area contributed by atoms with Gasteiger partial charge in [-0.1, -0.05) is 30.3 Å². The number of carbonyl (C=O) groups is 2. The smallest absolute Gasteiger partial charge is 0.251 e. The summed E-state index contributed by atoms with van der Waals surface area (Å²) in [7, 11) is 1.53. The maximum absolute atomic E-state index is 12.3. The highest BCUT2D eigenvalue weighted by atomic mass is 16.5. The molecule has 0 saturated carbocycles. The van der Waals surface area contributed by atoms with Crippen LogP contribution < -0.4 is 10.1 Å². The lowest BCUT2D eigenvalue weighted by Crippen LogP contribution is -2.43. The predicted molar refractivity (Wildman–Crippen MR) is 116 cm³/mol. The van der Waals surface area contributed by atoms with Crippen LogP contribution in [0.1, 0.15) is 35.2 Å². The van der Waals surface area contributed by atoms with Crippen LogP contribution >= 0.6 is 0 Å². The number of hydrogen-bond donors (Lipinski definition) is 1. The van der Waals surface area contributed by atoms with Crippen molar-refractivity contribution in [1.29, 1.82) is 0 Å². The maximum Gasteiger partial charge on any atom is 0.251 e. The zero-order valence-corrected chi connectivity index (χ0v) is 17.5. The van der Waals surface area contributed by atoms with E-state index in [1.54, 1.807) is 12.1 Å². The van der Waals surface area contributed by atoms with E-state index in [1.807, 2.05) is 35.2 Å². The molecule has 6 nitrogen and oxygen atoms in total. The second-order valence-electron chi connectivity index (χ2n) is 7.50.